The number of rotatable bonds is 5. The summed E-state index contributed by atoms with van der Waals surface area (Å²) in [5, 5.41) is 23.4. The molecule has 4 aromatic rings. The van der Waals surface area contributed by atoms with Crippen LogP contribution >= 0.6 is 11.6 Å². The molecule has 7 nitrogen and oxygen atoms in total. The normalized spacial score (nSPS) is 18.5. The first-order valence-corrected chi connectivity index (χ1v) is 11.2. The van der Waals surface area contributed by atoms with Crippen molar-refractivity contribution in [3.63, 3.8) is 0 Å². The molecule has 1 fully saturated rings. The lowest BCUT2D eigenvalue weighted by Crippen LogP contribution is -2.58. The van der Waals surface area contributed by atoms with Crippen LogP contribution in [0.4, 0.5) is 0 Å². The van der Waals surface area contributed by atoms with Crippen LogP contribution in [-0.4, -0.2) is 36.2 Å². The molecule has 2 heterocycles. The van der Waals surface area contributed by atoms with Crippen LogP contribution in [0, 0.1) is 6.92 Å². The topological polar surface area (TPSA) is 98.6 Å². The number of β-lactam (4-membered cyclic amide) rings is 1. The molecule has 3 atom stereocenters. The van der Waals surface area contributed by atoms with Crippen molar-refractivity contribution in [3.8, 4) is 17.2 Å². The minimum Gasteiger partial charge on any atom is -0.508 e. The third kappa shape index (κ3) is 3.36. The fourth-order valence-electron chi connectivity index (χ4n) is 4.61. The highest BCUT2D eigenvalue weighted by Crippen LogP contribution is 2.49. The van der Waals surface area contributed by atoms with E-state index in [2.05, 4.69) is 5.10 Å². The Labute approximate surface area is 200 Å². The second-order valence-corrected chi connectivity index (χ2v) is 8.71. The highest BCUT2D eigenvalue weighted by atomic mass is 35.5. The number of carbonyl (C=O) groups excluding carboxylic acids is 1. The first kappa shape index (κ1) is 21.9. The molecule has 5 rings (SSSR count). The number of hydrogen-bond acceptors (Lipinski definition) is 4. The molecule has 8 heteroatoms. The predicted molar refractivity (Wildman–Crippen MR) is 128 cm³/mol. The van der Waals surface area contributed by atoms with Crippen molar-refractivity contribution < 1.29 is 15.0 Å². The van der Waals surface area contributed by atoms with Gasteiger partial charge in [-0.3, -0.25) is 14.7 Å². The molecular formula is C26H22ClN3O4. The molecule has 34 heavy (non-hydrogen) atoms. The number of phenolic OH excluding ortho intramolecular Hbond substituents is 2. The Morgan fingerprint density at radius 2 is 1.50 bits per heavy atom. The molecule has 0 saturated carbocycles. The molecule has 0 bridgehead atoms. The summed E-state index contributed by atoms with van der Waals surface area (Å²) in [6.45, 7) is 1.75. The third-order valence-corrected chi connectivity index (χ3v) is 6.66. The number of hydrogen-bond donors (Lipinski definition) is 3. The Morgan fingerprint density at radius 3 is 2.18 bits per heavy atom. The Bertz CT molecular complexity index is 1430. The quantitative estimate of drug-likeness (QED) is 0.298. The molecule has 1 aliphatic rings. The maximum absolute atomic E-state index is 13.7. The average molecular weight is 476 g/mol. The van der Waals surface area contributed by atoms with Gasteiger partial charge >= 0.3 is 0 Å². The Balaban J connectivity index is 1.72. The van der Waals surface area contributed by atoms with E-state index in [1.165, 1.54) is 21.7 Å². The summed E-state index contributed by atoms with van der Waals surface area (Å²) in [5.74, 6) is -0.450. The molecule has 0 radical (unpaired) electrons. The van der Waals surface area contributed by atoms with Gasteiger partial charge in [0.15, 0.2) is 0 Å². The lowest BCUT2D eigenvalue weighted by Gasteiger charge is -2.49. The van der Waals surface area contributed by atoms with Crippen molar-refractivity contribution >= 4 is 17.5 Å². The van der Waals surface area contributed by atoms with Gasteiger partial charge in [0.1, 0.15) is 16.9 Å². The molecule has 1 amide bonds. The Morgan fingerprint density at radius 1 is 0.882 bits per heavy atom. The number of aromatic hydroxyl groups is 2. The molecule has 3 unspecified atom stereocenters. The van der Waals surface area contributed by atoms with Gasteiger partial charge in [-0.1, -0.05) is 54.6 Å². The van der Waals surface area contributed by atoms with Gasteiger partial charge in [-0.25, -0.2) is 4.68 Å². The van der Waals surface area contributed by atoms with Gasteiger partial charge in [0, 0.05) is 16.8 Å². The van der Waals surface area contributed by atoms with E-state index >= 15 is 0 Å². The van der Waals surface area contributed by atoms with E-state index in [4.69, 9.17) is 11.6 Å². The Hall–Kier alpha value is -3.97. The molecule has 172 valence electrons. The molecule has 0 aliphatic carbocycles. The maximum Gasteiger partial charge on any atom is 0.277 e. The zero-order chi connectivity index (χ0) is 24.0. The predicted octanol–water partition coefficient (Wildman–Crippen LogP) is 4.17. The largest absolute Gasteiger partial charge is 0.508 e. The molecule has 1 aromatic heterocycles. The molecule has 1 aliphatic heterocycles. The van der Waals surface area contributed by atoms with E-state index in [1.807, 2.05) is 18.2 Å². The van der Waals surface area contributed by atoms with Gasteiger partial charge in [0.25, 0.3) is 5.56 Å². The van der Waals surface area contributed by atoms with Crippen LogP contribution in [0.25, 0.3) is 5.69 Å². The van der Waals surface area contributed by atoms with E-state index in [9.17, 15) is 19.8 Å². The minimum atomic E-state index is -0.929. The van der Waals surface area contributed by atoms with E-state index in [-0.39, 0.29) is 17.1 Å². The molecule has 0 spiro atoms. The van der Waals surface area contributed by atoms with Gasteiger partial charge in [0.2, 0.25) is 5.91 Å². The highest BCUT2D eigenvalue weighted by Gasteiger charge is 2.53. The number of halogens is 1. The van der Waals surface area contributed by atoms with Crippen LogP contribution < -0.4 is 5.56 Å². The third-order valence-electron chi connectivity index (χ3n) is 6.24. The van der Waals surface area contributed by atoms with Crippen molar-refractivity contribution in [2.45, 2.75) is 24.4 Å². The van der Waals surface area contributed by atoms with Crippen LogP contribution in [0.15, 0.2) is 83.7 Å². The number of para-hydroxylation sites is 3. The number of nitrogens with one attached hydrogen (secondary N) is 1. The standard InChI is InChI=1S/C26H22ClN3O4/c1-15-21(25(33)30(28-15)16-9-3-2-4-10-16)23(17-11-5-7-13-19(17)31)29-24(22(27)26(29)34)18-12-6-8-14-20(18)32/h2-14,22-24,28,31-32H,1H3. The second kappa shape index (κ2) is 8.43. The molecule has 3 aromatic carbocycles. The summed E-state index contributed by atoms with van der Waals surface area (Å²) >= 11 is 6.45. The van der Waals surface area contributed by atoms with Gasteiger partial charge in [0.05, 0.1) is 23.3 Å². The van der Waals surface area contributed by atoms with Crippen LogP contribution in [0.1, 0.15) is 34.5 Å². The number of carbonyl (C=O) groups is 1. The summed E-state index contributed by atoms with van der Waals surface area (Å²) in [6.07, 6.45) is 0. The summed E-state index contributed by atoms with van der Waals surface area (Å²) in [7, 11) is 0. The lowest BCUT2D eigenvalue weighted by molar-refractivity contribution is -0.148. The summed E-state index contributed by atoms with van der Waals surface area (Å²) in [5.41, 5.74) is 2.00. The van der Waals surface area contributed by atoms with E-state index in [0.717, 1.165) is 0 Å². The average Bonchev–Trinajstić information content (AvgIpc) is 3.14. The zero-order valence-corrected chi connectivity index (χ0v) is 19.0. The first-order valence-electron chi connectivity index (χ1n) is 10.8. The fraction of sp³-hybridized carbons (Fsp3) is 0.154. The minimum absolute atomic E-state index is 0.000768. The van der Waals surface area contributed by atoms with Gasteiger partial charge in [-0.05, 0) is 31.2 Å². The number of aryl methyl sites for hydroxylation is 1. The van der Waals surface area contributed by atoms with Gasteiger partial charge in [-0.15, -0.1) is 11.6 Å². The fourth-order valence-corrected chi connectivity index (χ4v) is 4.98. The number of benzene rings is 3. The van der Waals surface area contributed by atoms with Crippen molar-refractivity contribution in [3.05, 3.63) is 112 Å². The van der Waals surface area contributed by atoms with Gasteiger partial charge in [-0.2, -0.15) is 0 Å². The number of aromatic nitrogens is 2. The van der Waals surface area contributed by atoms with E-state index < -0.39 is 23.4 Å². The lowest BCUT2D eigenvalue weighted by atomic mass is 9.85. The van der Waals surface area contributed by atoms with Crippen molar-refractivity contribution in [1.29, 1.82) is 0 Å². The van der Waals surface area contributed by atoms with Crippen molar-refractivity contribution in [1.82, 2.24) is 14.7 Å². The van der Waals surface area contributed by atoms with Crippen LogP contribution in [0.3, 0.4) is 0 Å². The number of H-pyrrole nitrogens is 1. The van der Waals surface area contributed by atoms with E-state index in [1.54, 1.807) is 55.5 Å². The highest BCUT2D eigenvalue weighted by molar-refractivity contribution is 6.33. The maximum atomic E-state index is 13.7. The van der Waals surface area contributed by atoms with Crippen LogP contribution in [0.2, 0.25) is 0 Å². The van der Waals surface area contributed by atoms with Crippen LogP contribution in [0.5, 0.6) is 11.5 Å². The number of nitrogens with zero attached hydrogens (tertiary/aromatic N) is 2. The second-order valence-electron chi connectivity index (χ2n) is 8.24. The zero-order valence-electron chi connectivity index (χ0n) is 18.2. The van der Waals surface area contributed by atoms with Crippen molar-refractivity contribution in [2.75, 3.05) is 0 Å². The number of phenols is 2. The number of likely N-dealkylation sites (tertiary alicyclic amines) is 1. The first-order chi connectivity index (χ1) is 16.4. The number of amides is 1. The van der Waals surface area contributed by atoms with E-state index in [0.29, 0.717) is 28.1 Å². The summed E-state index contributed by atoms with van der Waals surface area (Å²) in [6, 6.07) is 20.7. The molecule has 1 saturated heterocycles. The Kier molecular flexibility index (Phi) is 5.42. The summed E-state index contributed by atoms with van der Waals surface area (Å²) < 4.78 is 1.41. The smallest absolute Gasteiger partial charge is 0.277 e. The van der Waals surface area contributed by atoms with Crippen molar-refractivity contribution in [2.24, 2.45) is 0 Å². The SMILES string of the molecule is Cc1[nH]n(-c2ccccc2)c(=O)c1C(c1ccccc1O)N1C(=O)C(Cl)C1c1ccccc1O. The molecular weight excluding hydrogens is 454 g/mol. The number of alkyl halides is 1. The summed E-state index contributed by atoms with van der Waals surface area (Å²) in [4.78, 5) is 28.3. The molecule has 3 N–H and O–H groups in total. The monoisotopic (exact) mass is 475 g/mol. The van der Waals surface area contributed by atoms with Crippen LogP contribution in [-0.2, 0) is 4.79 Å². The number of aromatic amines is 1. The van der Waals surface area contributed by atoms with Gasteiger partial charge < -0.3 is 15.1 Å².